The van der Waals surface area contributed by atoms with Gasteiger partial charge in [-0.2, -0.15) is 0 Å². The second kappa shape index (κ2) is 13.8. The number of sulfonamides is 1. The Hall–Kier alpha value is -2.39. The van der Waals surface area contributed by atoms with Crippen LogP contribution >= 0.6 is 15.9 Å². The van der Waals surface area contributed by atoms with Crippen LogP contribution in [0.25, 0.3) is 0 Å². The molecule has 1 N–H and O–H groups in total. The van der Waals surface area contributed by atoms with Crippen molar-refractivity contribution in [2.75, 3.05) is 23.7 Å². The van der Waals surface area contributed by atoms with Crippen LogP contribution in [0.5, 0.6) is 0 Å². The van der Waals surface area contributed by atoms with E-state index in [0.717, 1.165) is 34.0 Å². The molecule has 0 fully saturated rings. The predicted molar refractivity (Wildman–Crippen MR) is 149 cm³/mol. The van der Waals surface area contributed by atoms with Gasteiger partial charge in [0.15, 0.2) is 0 Å². The number of aryl methyl sites for hydroxylation is 1. The lowest BCUT2D eigenvalue weighted by molar-refractivity contribution is -0.140. The number of amides is 2. The highest BCUT2D eigenvalue weighted by atomic mass is 79.9. The molecule has 0 spiro atoms. The van der Waals surface area contributed by atoms with Crippen molar-refractivity contribution in [3.63, 3.8) is 0 Å². The highest BCUT2D eigenvalue weighted by Crippen LogP contribution is 2.25. The van der Waals surface area contributed by atoms with Crippen LogP contribution < -0.4 is 9.62 Å². The number of nitrogens with one attached hydrogen (secondary N) is 1. The Labute approximate surface area is 224 Å². The molecule has 0 aromatic heterocycles. The first-order valence-corrected chi connectivity index (χ1v) is 14.9. The van der Waals surface area contributed by atoms with E-state index in [1.807, 2.05) is 50.2 Å². The smallest absolute Gasteiger partial charge is 0.242 e. The van der Waals surface area contributed by atoms with E-state index >= 15 is 0 Å². The SMILES string of the molecule is CCCCNC(=O)C(C)N(Cc1cccc(Br)c1)C(=O)CCCN(c1cccc(C)c1C)S(C)(=O)=O. The molecule has 198 valence electrons. The number of anilines is 1. The zero-order valence-electron chi connectivity index (χ0n) is 21.9. The summed E-state index contributed by atoms with van der Waals surface area (Å²) >= 11 is 3.46. The number of carbonyl (C=O) groups excluding carboxylic acids is 2. The number of benzene rings is 2. The van der Waals surface area contributed by atoms with Crippen LogP contribution in [0, 0.1) is 13.8 Å². The van der Waals surface area contributed by atoms with Crippen molar-refractivity contribution < 1.29 is 18.0 Å². The van der Waals surface area contributed by atoms with Crippen molar-refractivity contribution in [2.45, 2.75) is 66.0 Å². The van der Waals surface area contributed by atoms with E-state index in [0.29, 0.717) is 18.7 Å². The van der Waals surface area contributed by atoms with Gasteiger partial charge in [-0.1, -0.05) is 53.5 Å². The van der Waals surface area contributed by atoms with Crippen molar-refractivity contribution in [1.82, 2.24) is 10.2 Å². The van der Waals surface area contributed by atoms with Gasteiger partial charge in [0.1, 0.15) is 6.04 Å². The summed E-state index contributed by atoms with van der Waals surface area (Å²) in [7, 11) is -3.53. The maximum Gasteiger partial charge on any atom is 0.242 e. The van der Waals surface area contributed by atoms with Gasteiger partial charge in [0.05, 0.1) is 11.9 Å². The first kappa shape index (κ1) is 29.8. The van der Waals surface area contributed by atoms with E-state index in [1.165, 1.54) is 10.6 Å². The normalized spacial score (nSPS) is 12.2. The van der Waals surface area contributed by atoms with Gasteiger partial charge in [-0.3, -0.25) is 13.9 Å². The van der Waals surface area contributed by atoms with Crippen LogP contribution in [0.15, 0.2) is 46.9 Å². The van der Waals surface area contributed by atoms with Gasteiger partial charge in [-0.05, 0) is 68.5 Å². The van der Waals surface area contributed by atoms with Crippen LogP contribution in [0.4, 0.5) is 5.69 Å². The summed E-state index contributed by atoms with van der Waals surface area (Å²) in [5, 5.41) is 2.91. The fourth-order valence-electron chi connectivity index (χ4n) is 3.94. The summed E-state index contributed by atoms with van der Waals surface area (Å²) in [6.07, 6.45) is 3.47. The first-order chi connectivity index (χ1) is 17.0. The molecule has 9 heteroatoms. The summed E-state index contributed by atoms with van der Waals surface area (Å²) < 4.78 is 27.4. The van der Waals surface area contributed by atoms with Gasteiger partial charge in [-0.15, -0.1) is 0 Å². The Morgan fingerprint density at radius 1 is 1.08 bits per heavy atom. The summed E-state index contributed by atoms with van der Waals surface area (Å²) in [5.41, 5.74) is 3.42. The Balaban J connectivity index is 2.18. The van der Waals surface area contributed by atoms with Crippen molar-refractivity contribution in [3.05, 3.63) is 63.6 Å². The highest BCUT2D eigenvalue weighted by Gasteiger charge is 2.27. The second-order valence-corrected chi connectivity index (χ2v) is 12.0. The second-order valence-electron chi connectivity index (χ2n) is 9.13. The average molecular weight is 581 g/mol. The lowest BCUT2D eigenvalue weighted by Crippen LogP contribution is -2.48. The predicted octanol–water partition coefficient (Wildman–Crippen LogP) is 4.95. The van der Waals surface area contributed by atoms with Crippen molar-refractivity contribution >= 4 is 43.5 Å². The van der Waals surface area contributed by atoms with E-state index in [9.17, 15) is 18.0 Å². The maximum absolute atomic E-state index is 13.4. The number of hydrogen-bond donors (Lipinski definition) is 1. The van der Waals surface area contributed by atoms with E-state index < -0.39 is 16.1 Å². The Bertz CT molecular complexity index is 1150. The lowest BCUT2D eigenvalue weighted by atomic mass is 10.1. The zero-order valence-corrected chi connectivity index (χ0v) is 24.3. The molecule has 0 heterocycles. The molecule has 2 aromatic carbocycles. The largest absolute Gasteiger partial charge is 0.354 e. The number of rotatable bonds is 13. The minimum atomic E-state index is -3.53. The number of halogens is 1. The molecule has 7 nitrogen and oxygen atoms in total. The van der Waals surface area contributed by atoms with E-state index in [2.05, 4.69) is 28.2 Å². The third-order valence-electron chi connectivity index (χ3n) is 6.24. The standard InChI is InChI=1S/C27H38BrN3O4S/c1-6-7-16-29-27(33)22(4)30(19-23-12-9-13-24(28)18-23)26(32)15-10-17-31(36(5,34)35)25-14-8-11-20(2)21(25)3/h8-9,11-14,18,22H,6-7,10,15-17,19H2,1-5H3,(H,29,33). The summed E-state index contributed by atoms with van der Waals surface area (Å²) in [5.74, 6) is -0.387. The van der Waals surface area contributed by atoms with E-state index in [1.54, 1.807) is 17.9 Å². The Morgan fingerprint density at radius 2 is 1.78 bits per heavy atom. The average Bonchev–Trinajstić information content (AvgIpc) is 2.81. The molecule has 1 unspecified atom stereocenters. The molecular weight excluding hydrogens is 542 g/mol. The zero-order chi connectivity index (χ0) is 26.9. The van der Waals surface area contributed by atoms with Gasteiger partial charge >= 0.3 is 0 Å². The third kappa shape index (κ3) is 8.62. The first-order valence-electron chi connectivity index (χ1n) is 12.3. The van der Waals surface area contributed by atoms with Gasteiger partial charge in [0.25, 0.3) is 0 Å². The quantitative estimate of drug-likeness (QED) is 0.340. The Morgan fingerprint density at radius 3 is 2.42 bits per heavy atom. The van der Waals surface area contributed by atoms with Crippen LogP contribution in [0.2, 0.25) is 0 Å². The Kier molecular flexibility index (Phi) is 11.4. The lowest BCUT2D eigenvalue weighted by Gasteiger charge is -2.30. The molecule has 0 aliphatic carbocycles. The summed E-state index contributed by atoms with van der Waals surface area (Å²) in [6, 6.07) is 12.5. The molecule has 0 bridgehead atoms. The van der Waals surface area contributed by atoms with Gasteiger partial charge in [0, 0.05) is 30.5 Å². The molecule has 2 aromatic rings. The molecule has 0 saturated carbocycles. The van der Waals surface area contributed by atoms with Crippen molar-refractivity contribution in [1.29, 1.82) is 0 Å². The topological polar surface area (TPSA) is 86.8 Å². The molecule has 1 atom stereocenters. The van der Waals surface area contributed by atoms with Gasteiger partial charge in [-0.25, -0.2) is 8.42 Å². The number of carbonyl (C=O) groups is 2. The fraction of sp³-hybridized carbons (Fsp3) is 0.481. The molecule has 0 radical (unpaired) electrons. The van der Waals surface area contributed by atoms with Crippen LogP contribution in [0.3, 0.4) is 0 Å². The summed E-state index contributed by atoms with van der Waals surface area (Å²) in [6.45, 7) is 8.65. The van der Waals surface area contributed by atoms with Crippen molar-refractivity contribution in [2.24, 2.45) is 0 Å². The molecule has 0 saturated heterocycles. The number of nitrogens with zero attached hydrogens (tertiary/aromatic N) is 2. The van der Waals surface area contributed by atoms with E-state index in [-0.39, 0.29) is 31.3 Å². The molecule has 0 aliphatic heterocycles. The van der Waals surface area contributed by atoms with Crippen LogP contribution in [0.1, 0.15) is 56.2 Å². The monoisotopic (exact) mass is 579 g/mol. The number of hydrogen-bond acceptors (Lipinski definition) is 4. The minimum Gasteiger partial charge on any atom is -0.354 e. The minimum absolute atomic E-state index is 0.122. The van der Waals surface area contributed by atoms with Crippen LogP contribution in [-0.4, -0.2) is 50.5 Å². The molecule has 36 heavy (non-hydrogen) atoms. The molecular formula is C27H38BrN3O4S. The molecule has 2 rings (SSSR count). The highest BCUT2D eigenvalue weighted by molar-refractivity contribution is 9.10. The third-order valence-corrected chi connectivity index (χ3v) is 7.91. The fourth-order valence-corrected chi connectivity index (χ4v) is 5.40. The maximum atomic E-state index is 13.4. The number of unbranched alkanes of at least 4 members (excludes halogenated alkanes) is 1. The van der Waals surface area contributed by atoms with Crippen LogP contribution in [-0.2, 0) is 26.2 Å². The summed E-state index contributed by atoms with van der Waals surface area (Å²) in [4.78, 5) is 27.7. The van der Waals surface area contributed by atoms with Crippen molar-refractivity contribution in [3.8, 4) is 0 Å². The van der Waals surface area contributed by atoms with E-state index in [4.69, 9.17) is 0 Å². The molecule has 2 amide bonds. The van der Waals surface area contributed by atoms with Gasteiger partial charge in [0.2, 0.25) is 21.8 Å². The molecule has 0 aliphatic rings. The van der Waals surface area contributed by atoms with Gasteiger partial charge < -0.3 is 10.2 Å².